The maximum Gasteiger partial charge on any atom is 0.329 e. The van der Waals surface area contributed by atoms with Crippen molar-refractivity contribution in [3.63, 3.8) is 0 Å². The molecule has 0 aromatic heterocycles. The molecule has 1 saturated heterocycles. The zero-order chi connectivity index (χ0) is 44.2. The summed E-state index contributed by atoms with van der Waals surface area (Å²) in [5.41, 5.74) is -0.602. The minimum absolute atomic E-state index is 0.0437. The van der Waals surface area contributed by atoms with Gasteiger partial charge in [0.1, 0.15) is 35.7 Å². The molecule has 1 aromatic rings. The summed E-state index contributed by atoms with van der Waals surface area (Å²) < 4.78 is 6.13. The van der Waals surface area contributed by atoms with E-state index in [-0.39, 0.29) is 31.9 Å². The number of carboxylic acids is 3. The molecule has 2 fully saturated rings. The number of carbonyl (C=O) groups excluding carboxylic acids is 6. The van der Waals surface area contributed by atoms with Gasteiger partial charge in [0.2, 0.25) is 35.4 Å². The summed E-state index contributed by atoms with van der Waals surface area (Å²) in [5.74, 6) is -10.2. The highest BCUT2D eigenvalue weighted by atomic mass is 16.5. The molecule has 2 aliphatic rings. The number of likely N-dealkylation sites (tertiary alicyclic amines) is 1. The van der Waals surface area contributed by atoms with Crippen LogP contribution in [0.5, 0.6) is 0 Å². The number of nitrogens with zero attached hydrogens (tertiary/aromatic N) is 1. The van der Waals surface area contributed by atoms with E-state index < -0.39 is 126 Å². The van der Waals surface area contributed by atoms with Gasteiger partial charge >= 0.3 is 17.9 Å². The van der Waals surface area contributed by atoms with Crippen molar-refractivity contribution in [2.75, 3.05) is 6.54 Å². The quantitative estimate of drug-likeness (QED) is 0.0749. The van der Waals surface area contributed by atoms with Crippen LogP contribution in [-0.2, 0) is 54.5 Å². The van der Waals surface area contributed by atoms with Gasteiger partial charge in [-0.25, -0.2) is 4.79 Å². The minimum atomic E-state index is -1.59. The molecule has 2 unspecified atom stereocenters. The Kier molecular flexibility index (Phi) is 17.4. The summed E-state index contributed by atoms with van der Waals surface area (Å²) >= 11 is 0. The lowest BCUT2D eigenvalue weighted by Crippen LogP contribution is -2.61. The number of amides is 6. The van der Waals surface area contributed by atoms with E-state index in [1.54, 1.807) is 27.7 Å². The number of carboxylic acid groups (broad SMARTS) is 3. The molecule has 0 spiro atoms. The number of hydrogen-bond acceptors (Lipinski definition) is 10. The van der Waals surface area contributed by atoms with Crippen LogP contribution in [-0.4, -0.2) is 122 Å². The molecule has 0 bridgehead atoms. The van der Waals surface area contributed by atoms with Gasteiger partial charge in [0.15, 0.2) is 0 Å². The van der Waals surface area contributed by atoms with Crippen LogP contribution in [0.1, 0.15) is 92.1 Å². The molecule has 19 nitrogen and oxygen atoms in total. The van der Waals surface area contributed by atoms with E-state index >= 15 is 0 Å². The van der Waals surface area contributed by atoms with Crippen molar-refractivity contribution in [3.8, 4) is 0 Å². The van der Waals surface area contributed by atoms with E-state index in [0.29, 0.717) is 12.8 Å². The average molecular weight is 831 g/mol. The maximum atomic E-state index is 14.5. The molecule has 6 amide bonds. The molecule has 59 heavy (non-hydrogen) atoms. The third-order valence-electron chi connectivity index (χ3n) is 10.9. The van der Waals surface area contributed by atoms with Gasteiger partial charge in [-0.3, -0.25) is 38.4 Å². The van der Waals surface area contributed by atoms with Crippen LogP contribution < -0.4 is 26.6 Å². The normalized spacial score (nSPS) is 22.2. The first kappa shape index (κ1) is 47.8. The first-order chi connectivity index (χ1) is 27.7. The highest BCUT2D eigenvalue weighted by Gasteiger charge is 2.61. The molecule has 3 rings (SSSR count). The van der Waals surface area contributed by atoms with E-state index in [1.807, 2.05) is 37.3 Å². The van der Waals surface area contributed by atoms with E-state index in [9.17, 15) is 58.5 Å². The lowest BCUT2D eigenvalue weighted by molar-refractivity contribution is -0.146. The SMILES string of the molecule is CCC1CC1(NC(=O)[C@@H]1C[C@@H](OCc2ccccc2)CN1C(=O)[C@@H](NC(=O)[C@@H](NC(=O)[C@@H](CCC(=O)O)NC(=O)[C@H](CC(=O)O)NC(C)=O)[C@@H](C)CC)C(C)C)C(=O)O. The topological polar surface area (TPSA) is 287 Å². The number of carbonyl (C=O) groups is 9. The summed E-state index contributed by atoms with van der Waals surface area (Å²) in [5, 5.41) is 41.1. The van der Waals surface area contributed by atoms with Gasteiger partial charge in [-0.2, -0.15) is 0 Å². The fourth-order valence-corrected chi connectivity index (χ4v) is 7.12. The first-order valence-corrected chi connectivity index (χ1v) is 19.9. The number of hydrogen-bond donors (Lipinski definition) is 8. The maximum absolute atomic E-state index is 14.5. The molecule has 0 radical (unpaired) electrons. The summed E-state index contributed by atoms with van der Waals surface area (Å²) in [6, 6.07) is 2.37. The Morgan fingerprint density at radius 3 is 1.98 bits per heavy atom. The zero-order valence-electron chi connectivity index (χ0n) is 34.3. The molecule has 9 atom stereocenters. The van der Waals surface area contributed by atoms with E-state index in [1.165, 1.54) is 4.90 Å². The fourth-order valence-electron chi connectivity index (χ4n) is 7.12. The average Bonchev–Trinajstić information content (AvgIpc) is 3.73. The summed E-state index contributed by atoms with van der Waals surface area (Å²) in [6.07, 6.45) is -1.35. The number of nitrogens with one attached hydrogen (secondary N) is 5. The second-order valence-electron chi connectivity index (χ2n) is 15.7. The van der Waals surface area contributed by atoms with Crippen LogP contribution >= 0.6 is 0 Å². The van der Waals surface area contributed by atoms with Crippen molar-refractivity contribution in [3.05, 3.63) is 35.9 Å². The number of aliphatic carboxylic acids is 3. The molecule has 1 aliphatic carbocycles. The summed E-state index contributed by atoms with van der Waals surface area (Å²) in [6.45, 7) is 9.75. The Bertz CT molecular complexity index is 1710. The number of rotatable bonds is 23. The standard InChI is InChI=1S/C40H58N6O13/c1-7-22(5)33(44-34(52)27(14-15-30(48)49)42-35(53)28(17-31(50)51)41-23(6)47)37(55)43-32(21(3)4)38(56)46-19-26(59-20-24-12-10-9-11-13-24)16-29(46)36(54)45-40(39(57)58)18-25(40)8-2/h9-13,21-22,25-29,32-33H,7-8,14-20H2,1-6H3,(H,41,47)(H,42,53)(H,43,55)(H,44,52)(H,45,54)(H,48,49)(H,50,51)(H,57,58)/t22-,25?,26+,27+,28-,29-,32-,33-,40?/m0/s1. The molecule has 8 N–H and O–H groups in total. The van der Waals surface area contributed by atoms with Crippen LogP contribution in [0.4, 0.5) is 0 Å². The second kappa shape index (κ2) is 21.4. The Hall–Kier alpha value is -5.59. The van der Waals surface area contributed by atoms with Gasteiger partial charge < -0.3 is 51.5 Å². The van der Waals surface area contributed by atoms with Gasteiger partial charge in [-0.1, -0.05) is 77.8 Å². The van der Waals surface area contributed by atoms with Gasteiger partial charge in [0.05, 0.1) is 19.1 Å². The smallest absolute Gasteiger partial charge is 0.329 e. The lowest BCUT2D eigenvalue weighted by atomic mass is 9.95. The minimum Gasteiger partial charge on any atom is -0.481 e. The largest absolute Gasteiger partial charge is 0.481 e. The van der Waals surface area contributed by atoms with Gasteiger partial charge in [-0.05, 0) is 36.2 Å². The van der Waals surface area contributed by atoms with E-state index in [4.69, 9.17) is 4.74 Å². The fraction of sp³-hybridized carbons (Fsp3) is 0.625. The van der Waals surface area contributed by atoms with Crippen LogP contribution in [0.2, 0.25) is 0 Å². The van der Waals surface area contributed by atoms with Crippen LogP contribution in [0, 0.1) is 17.8 Å². The molecule has 1 aliphatic heterocycles. The number of ether oxygens (including phenoxy) is 1. The van der Waals surface area contributed by atoms with Crippen molar-refractivity contribution in [1.82, 2.24) is 31.5 Å². The van der Waals surface area contributed by atoms with Crippen LogP contribution in [0.3, 0.4) is 0 Å². The van der Waals surface area contributed by atoms with Crippen LogP contribution in [0.15, 0.2) is 30.3 Å². The Balaban J connectivity index is 1.87. The van der Waals surface area contributed by atoms with E-state index in [0.717, 1.165) is 12.5 Å². The summed E-state index contributed by atoms with van der Waals surface area (Å²) in [4.78, 5) is 117. The Morgan fingerprint density at radius 2 is 1.46 bits per heavy atom. The van der Waals surface area contributed by atoms with Gasteiger partial charge in [0, 0.05) is 26.3 Å². The van der Waals surface area contributed by atoms with Crippen molar-refractivity contribution in [2.45, 2.75) is 135 Å². The predicted octanol–water partition coefficient (Wildman–Crippen LogP) is 0.543. The van der Waals surface area contributed by atoms with Crippen molar-refractivity contribution in [2.24, 2.45) is 17.8 Å². The molecule has 1 heterocycles. The Labute approximate surface area is 342 Å². The molecular weight excluding hydrogens is 772 g/mol. The highest BCUT2D eigenvalue weighted by Crippen LogP contribution is 2.46. The third kappa shape index (κ3) is 13.2. The zero-order valence-corrected chi connectivity index (χ0v) is 34.3. The Morgan fingerprint density at radius 1 is 0.831 bits per heavy atom. The van der Waals surface area contributed by atoms with Gasteiger partial charge in [0.25, 0.3) is 0 Å². The number of benzene rings is 1. The molecule has 326 valence electrons. The monoisotopic (exact) mass is 830 g/mol. The molecule has 1 saturated carbocycles. The molecular formula is C40H58N6O13. The van der Waals surface area contributed by atoms with Crippen molar-refractivity contribution in [1.29, 1.82) is 0 Å². The van der Waals surface area contributed by atoms with Gasteiger partial charge in [-0.15, -0.1) is 0 Å². The molecule has 19 heteroatoms. The molecule has 1 aromatic carbocycles. The summed E-state index contributed by atoms with van der Waals surface area (Å²) in [7, 11) is 0. The second-order valence-corrected chi connectivity index (χ2v) is 15.7. The predicted molar refractivity (Wildman–Crippen MR) is 209 cm³/mol. The highest BCUT2D eigenvalue weighted by molar-refractivity contribution is 5.98. The van der Waals surface area contributed by atoms with Crippen molar-refractivity contribution < 1.29 is 63.2 Å². The van der Waals surface area contributed by atoms with Crippen molar-refractivity contribution >= 4 is 53.4 Å². The lowest BCUT2D eigenvalue weighted by Gasteiger charge is -2.33. The third-order valence-corrected chi connectivity index (χ3v) is 10.9. The first-order valence-electron chi connectivity index (χ1n) is 19.9. The van der Waals surface area contributed by atoms with Crippen LogP contribution in [0.25, 0.3) is 0 Å². The van der Waals surface area contributed by atoms with E-state index in [2.05, 4.69) is 26.6 Å².